The van der Waals surface area contributed by atoms with Crippen molar-refractivity contribution in [3.63, 3.8) is 0 Å². The molecule has 3 aliphatic rings. The van der Waals surface area contributed by atoms with E-state index in [0.717, 1.165) is 25.7 Å². The summed E-state index contributed by atoms with van der Waals surface area (Å²) in [6.07, 6.45) is 14.7. The SMILES string of the molecule is CC1=CC([C@@H]2CC(O)[C@@H](Cn3cc(COCCCCCCCCCCCCOCc4cn(C[C@H]5O[C@@H](n6cc(C)c(=O)[nH]c6=O)CC5O)nn4)nn3)O2)C(=O)NC1=O. The number of H-pyrrole nitrogens is 1. The molecule has 19 heteroatoms. The van der Waals surface area contributed by atoms with Crippen molar-refractivity contribution in [3.8, 4) is 0 Å². The number of unbranched alkanes of at least 4 members (excludes halogenated alkanes) is 9. The highest BCUT2D eigenvalue weighted by Crippen LogP contribution is 2.30. The minimum absolute atomic E-state index is 0.222. The fraction of sp³-hybridized carbons (Fsp3) is 0.692. The summed E-state index contributed by atoms with van der Waals surface area (Å²) >= 11 is 0. The Morgan fingerprint density at radius 1 is 0.741 bits per heavy atom. The maximum Gasteiger partial charge on any atom is 0.330 e. The second-order valence-electron chi connectivity index (χ2n) is 15.6. The first-order chi connectivity index (χ1) is 28.0. The van der Waals surface area contributed by atoms with E-state index in [1.165, 1.54) is 49.3 Å². The third kappa shape index (κ3) is 12.1. The number of imide groups is 1. The van der Waals surface area contributed by atoms with Crippen molar-refractivity contribution in [1.29, 1.82) is 0 Å². The second-order valence-corrected chi connectivity index (χ2v) is 15.6. The summed E-state index contributed by atoms with van der Waals surface area (Å²) in [5, 5.41) is 40.0. The van der Waals surface area contributed by atoms with Gasteiger partial charge in [0.2, 0.25) is 5.91 Å². The zero-order valence-corrected chi connectivity index (χ0v) is 33.4. The number of ether oxygens (including phenoxy) is 4. The lowest BCUT2D eigenvalue weighted by Crippen LogP contribution is -2.44. The lowest BCUT2D eigenvalue weighted by Gasteiger charge is -2.23. The average molecular weight is 812 g/mol. The van der Waals surface area contributed by atoms with Gasteiger partial charge < -0.3 is 29.2 Å². The number of aliphatic hydroxyl groups excluding tert-OH is 2. The molecule has 58 heavy (non-hydrogen) atoms. The van der Waals surface area contributed by atoms with Gasteiger partial charge in [0.05, 0.1) is 62.9 Å². The van der Waals surface area contributed by atoms with E-state index in [9.17, 15) is 29.4 Å². The quantitative estimate of drug-likeness (QED) is 0.0789. The van der Waals surface area contributed by atoms with Gasteiger partial charge in [-0.2, -0.15) is 0 Å². The van der Waals surface area contributed by atoms with Gasteiger partial charge in [0.1, 0.15) is 29.8 Å². The number of amides is 2. The van der Waals surface area contributed by atoms with E-state index >= 15 is 0 Å². The van der Waals surface area contributed by atoms with Crippen LogP contribution in [0.4, 0.5) is 0 Å². The summed E-state index contributed by atoms with van der Waals surface area (Å²) in [4.78, 5) is 50.2. The van der Waals surface area contributed by atoms with Crippen LogP contribution in [0.5, 0.6) is 0 Å². The average Bonchev–Trinajstić information content (AvgIpc) is 4.00. The monoisotopic (exact) mass is 811 g/mol. The molecule has 3 unspecified atom stereocenters. The van der Waals surface area contributed by atoms with Crippen LogP contribution in [-0.2, 0) is 54.8 Å². The summed E-state index contributed by atoms with van der Waals surface area (Å²) in [5.74, 6) is -1.43. The maximum absolute atomic E-state index is 12.3. The van der Waals surface area contributed by atoms with Gasteiger partial charge >= 0.3 is 5.69 Å². The van der Waals surface area contributed by atoms with Crippen LogP contribution in [0.3, 0.4) is 0 Å². The van der Waals surface area contributed by atoms with Gasteiger partial charge in [-0.25, -0.2) is 14.2 Å². The number of nitrogens with zero attached hydrogens (tertiary/aromatic N) is 7. The predicted octanol–water partition coefficient (Wildman–Crippen LogP) is 1.75. The van der Waals surface area contributed by atoms with Crippen molar-refractivity contribution in [2.45, 2.75) is 154 Å². The van der Waals surface area contributed by atoms with Crippen LogP contribution in [0.25, 0.3) is 0 Å². The minimum Gasteiger partial charge on any atom is -0.390 e. The lowest BCUT2D eigenvalue weighted by molar-refractivity contribution is -0.134. The molecule has 0 radical (unpaired) electrons. The number of hydrogen-bond acceptors (Lipinski definition) is 14. The Kier molecular flexibility index (Phi) is 15.7. The van der Waals surface area contributed by atoms with E-state index in [0.29, 0.717) is 61.9 Å². The fourth-order valence-corrected chi connectivity index (χ4v) is 7.53. The maximum atomic E-state index is 12.3. The van der Waals surface area contributed by atoms with Gasteiger partial charge in [0.15, 0.2) is 0 Å². The Balaban J connectivity index is 0.725. The number of aromatic nitrogens is 8. The van der Waals surface area contributed by atoms with Crippen molar-refractivity contribution in [2.24, 2.45) is 5.92 Å². The Labute approximate surface area is 336 Å². The topological polar surface area (TPSA) is 240 Å². The molecule has 0 saturated carbocycles. The van der Waals surface area contributed by atoms with Crippen molar-refractivity contribution < 1.29 is 38.7 Å². The van der Waals surface area contributed by atoms with Crippen molar-refractivity contribution in [1.82, 2.24) is 44.9 Å². The number of carbonyl (C=O) groups excluding carboxylic acids is 2. The number of aryl methyl sites for hydroxylation is 1. The van der Waals surface area contributed by atoms with Crippen LogP contribution in [0, 0.1) is 12.8 Å². The first-order valence-electron chi connectivity index (χ1n) is 20.5. The molecule has 3 aromatic rings. The molecule has 4 N–H and O–H groups in total. The highest BCUT2D eigenvalue weighted by molar-refractivity contribution is 6.08. The smallest absolute Gasteiger partial charge is 0.330 e. The van der Waals surface area contributed by atoms with E-state index < -0.39 is 65.7 Å². The molecular weight excluding hydrogens is 754 g/mol. The molecule has 6 heterocycles. The Hall–Kier alpha value is -4.40. The van der Waals surface area contributed by atoms with Gasteiger partial charge in [0, 0.05) is 43.4 Å². The predicted molar refractivity (Wildman–Crippen MR) is 206 cm³/mol. The molecule has 19 nitrogen and oxygen atoms in total. The summed E-state index contributed by atoms with van der Waals surface area (Å²) in [7, 11) is 0. The molecule has 3 aliphatic heterocycles. The Bertz CT molecular complexity index is 1960. The van der Waals surface area contributed by atoms with Crippen LogP contribution in [0.15, 0.2) is 39.8 Å². The van der Waals surface area contributed by atoms with Crippen LogP contribution >= 0.6 is 0 Å². The molecule has 2 amide bonds. The van der Waals surface area contributed by atoms with Gasteiger partial charge in [-0.05, 0) is 26.7 Å². The fourth-order valence-electron chi connectivity index (χ4n) is 7.53. The summed E-state index contributed by atoms with van der Waals surface area (Å²) in [5.41, 5.74) is 1.23. The van der Waals surface area contributed by atoms with Gasteiger partial charge in [-0.3, -0.25) is 29.3 Å². The normalized spacial score (nSPS) is 24.8. The van der Waals surface area contributed by atoms with Gasteiger partial charge in [-0.1, -0.05) is 67.9 Å². The van der Waals surface area contributed by atoms with E-state index in [4.69, 9.17) is 18.9 Å². The number of rotatable bonds is 23. The molecule has 0 aliphatic carbocycles. The second kappa shape index (κ2) is 21.0. The molecule has 0 spiro atoms. The van der Waals surface area contributed by atoms with Crippen LogP contribution in [0.2, 0.25) is 0 Å². The van der Waals surface area contributed by atoms with E-state index in [2.05, 4.69) is 30.9 Å². The molecule has 0 bridgehead atoms. The molecule has 318 valence electrons. The first kappa shape index (κ1) is 43.2. The van der Waals surface area contributed by atoms with Crippen LogP contribution in [-0.4, -0.2) is 105 Å². The Morgan fingerprint density at radius 2 is 1.28 bits per heavy atom. The van der Waals surface area contributed by atoms with Crippen molar-refractivity contribution >= 4 is 11.8 Å². The third-order valence-electron chi connectivity index (χ3n) is 10.9. The highest BCUT2D eigenvalue weighted by Gasteiger charge is 2.42. The highest BCUT2D eigenvalue weighted by atomic mass is 16.5. The number of carbonyl (C=O) groups is 2. The standard InChI is InChI=1S/C39H57N9O10/c1-25-15-29(38(53)40-36(25)51)32-16-30(49)33(57-32)21-46-19-27(42-44-46)23-55-13-11-9-7-5-3-4-6-8-10-12-14-56-24-28-20-47(45-43-28)22-34-31(50)17-35(58-34)48-18-26(2)37(52)41-39(48)54/h15,18-20,29-35,49-50H,3-14,16-17,21-24H2,1-2H3,(H,40,51,53)(H,41,52,54)/t29?,30?,31?,32-,33+,34+,35+/m0/s1. The molecule has 2 saturated heterocycles. The first-order valence-corrected chi connectivity index (χ1v) is 20.5. The summed E-state index contributed by atoms with van der Waals surface area (Å²) in [6, 6.07) is 0. The van der Waals surface area contributed by atoms with Crippen LogP contribution < -0.4 is 16.6 Å². The van der Waals surface area contributed by atoms with E-state index in [-0.39, 0.29) is 13.0 Å². The number of aromatic amines is 1. The number of nitrogens with one attached hydrogen (secondary N) is 2. The molecule has 6 rings (SSSR count). The zero-order valence-electron chi connectivity index (χ0n) is 33.4. The molecule has 7 atom stereocenters. The van der Waals surface area contributed by atoms with Crippen molar-refractivity contribution in [3.05, 3.63) is 68.0 Å². The molecule has 3 aromatic heterocycles. The van der Waals surface area contributed by atoms with Gasteiger partial charge in [-0.15, -0.1) is 10.2 Å². The molecular formula is C39H57N9O10. The van der Waals surface area contributed by atoms with E-state index in [1.807, 2.05) is 0 Å². The minimum atomic E-state index is -0.800. The Morgan fingerprint density at radius 3 is 1.86 bits per heavy atom. The third-order valence-corrected chi connectivity index (χ3v) is 10.9. The summed E-state index contributed by atoms with van der Waals surface area (Å²) in [6.45, 7) is 5.85. The lowest BCUT2D eigenvalue weighted by atomic mass is 9.93. The molecule has 2 fully saturated rings. The zero-order chi connectivity index (χ0) is 41.0. The largest absolute Gasteiger partial charge is 0.390 e. The number of hydrogen-bond donors (Lipinski definition) is 4. The summed E-state index contributed by atoms with van der Waals surface area (Å²) < 4.78 is 28.1. The molecule has 0 aromatic carbocycles. The number of aliphatic hydroxyl groups is 2. The van der Waals surface area contributed by atoms with E-state index in [1.54, 1.807) is 41.7 Å². The van der Waals surface area contributed by atoms with Crippen LogP contribution in [0.1, 0.15) is 107 Å². The van der Waals surface area contributed by atoms with Crippen molar-refractivity contribution in [2.75, 3.05) is 13.2 Å². The van der Waals surface area contributed by atoms with Gasteiger partial charge in [0.25, 0.3) is 11.5 Å².